The predicted molar refractivity (Wildman–Crippen MR) is 86.7 cm³/mol. The lowest BCUT2D eigenvalue weighted by molar-refractivity contribution is -0.150. The van der Waals surface area contributed by atoms with Crippen LogP contribution < -0.4 is 10.6 Å². The number of fused-ring (bicyclic) bond motifs is 2. The van der Waals surface area contributed by atoms with E-state index in [1.54, 1.807) is 32.2 Å². The Morgan fingerprint density at radius 1 is 1.28 bits per heavy atom. The third-order valence-electron chi connectivity index (χ3n) is 5.54. The molecule has 8 heteroatoms. The molecule has 0 aromatic carbocycles. The van der Waals surface area contributed by atoms with Gasteiger partial charge in [-0.05, 0) is 44.8 Å². The average molecular weight is 354 g/mol. The number of nitrogens with zero attached hydrogens (tertiary/aromatic N) is 2. The van der Waals surface area contributed by atoms with Crippen LogP contribution in [0.25, 0.3) is 0 Å². The Morgan fingerprint density at radius 3 is 2.60 bits per heavy atom. The molecule has 5 atom stereocenters. The van der Waals surface area contributed by atoms with E-state index >= 15 is 0 Å². The molecule has 25 heavy (non-hydrogen) atoms. The SMILES string of the molecule is CC(C)(NC(=O)[C@H]1[C@@H]2CNC[C@@H]21)C1=NC(C(F)(F)F)C2C=CC=CN12. The largest absolute Gasteiger partial charge is 0.413 e. The Hall–Kier alpha value is -1.83. The molecule has 3 aliphatic heterocycles. The van der Waals surface area contributed by atoms with Crippen LogP contribution >= 0.6 is 0 Å². The first kappa shape index (κ1) is 16.6. The highest BCUT2D eigenvalue weighted by atomic mass is 19.4. The smallest absolute Gasteiger partial charge is 0.344 e. The van der Waals surface area contributed by atoms with Gasteiger partial charge >= 0.3 is 6.18 Å². The number of halogens is 3. The normalized spacial score (nSPS) is 36.1. The average Bonchev–Trinajstić information content (AvgIpc) is 2.87. The number of alkyl halides is 3. The van der Waals surface area contributed by atoms with Gasteiger partial charge in [0.2, 0.25) is 5.91 Å². The first-order valence-corrected chi connectivity index (χ1v) is 8.51. The highest BCUT2D eigenvalue weighted by molar-refractivity contribution is 5.98. The van der Waals surface area contributed by atoms with Gasteiger partial charge in [0, 0.05) is 12.1 Å². The minimum absolute atomic E-state index is 0.0338. The molecule has 0 radical (unpaired) electrons. The van der Waals surface area contributed by atoms with Crippen LogP contribution in [0.2, 0.25) is 0 Å². The van der Waals surface area contributed by atoms with E-state index in [1.807, 2.05) is 0 Å². The van der Waals surface area contributed by atoms with Crippen molar-refractivity contribution in [1.82, 2.24) is 15.5 Å². The number of hydrogen-bond acceptors (Lipinski definition) is 4. The number of amides is 1. The van der Waals surface area contributed by atoms with Crippen molar-refractivity contribution in [2.75, 3.05) is 13.1 Å². The van der Waals surface area contributed by atoms with Crippen LogP contribution in [0.15, 0.2) is 29.4 Å². The number of carbonyl (C=O) groups is 1. The number of amidine groups is 1. The van der Waals surface area contributed by atoms with Crippen molar-refractivity contribution in [3.8, 4) is 0 Å². The lowest BCUT2D eigenvalue weighted by Crippen LogP contribution is -2.56. The van der Waals surface area contributed by atoms with E-state index in [0.29, 0.717) is 11.8 Å². The van der Waals surface area contributed by atoms with Gasteiger partial charge in [0.05, 0.1) is 11.6 Å². The fourth-order valence-corrected chi connectivity index (χ4v) is 4.26. The zero-order valence-electron chi connectivity index (χ0n) is 14.0. The molecule has 0 bridgehead atoms. The van der Waals surface area contributed by atoms with Crippen LogP contribution in [-0.4, -0.2) is 53.5 Å². The summed E-state index contributed by atoms with van der Waals surface area (Å²) in [5, 5.41) is 6.16. The molecule has 4 aliphatic rings. The molecule has 1 amide bonds. The molecule has 0 aromatic heterocycles. The van der Waals surface area contributed by atoms with Crippen LogP contribution in [0.3, 0.4) is 0 Å². The molecule has 2 unspecified atom stereocenters. The summed E-state index contributed by atoms with van der Waals surface area (Å²) >= 11 is 0. The van der Waals surface area contributed by atoms with Gasteiger partial charge < -0.3 is 15.5 Å². The van der Waals surface area contributed by atoms with Gasteiger partial charge in [0.15, 0.2) is 6.04 Å². The van der Waals surface area contributed by atoms with E-state index in [0.717, 1.165) is 13.1 Å². The minimum Gasteiger partial charge on any atom is -0.344 e. The summed E-state index contributed by atoms with van der Waals surface area (Å²) in [4.78, 5) is 18.1. The summed E-state index contributed by atoms with van der Waals surface area (Å²) < 4.78 is 40.1. The summed E-state index contributed by atoms with van der Waals surface area (Å²) in [5.41, 5.74) is -0.977. The van der Waals surface area contributed by atoms with Crippen LogP contribution in [0.5, 0.6) is 0 Å². The van der Waals surface area contributed by atoms with Crippen molar-refractivity contribution < 1.29 is 18.0 Å². The van der Waals surface area contributed by atoms with Gasteiger partial charge in [-0.25, -0.2) is 0 Å². The standard InChI is InChI=1S/C17H21F3N4O/c1-16(2,23-14(25)12-9-7-21-8-10(9)12)15-22-13(17(18,19)20)11-5-3-4-6-24(11)15/h3-6,9-13,21H,7-8H2,1-2H3,(H,23,25)/t9-,10+,11?,12+,13?. The second kappa shape index (κ2) is 5.33. The zero-order chi connectivity index (χ0) is 18.0. The Morgan fingerprint density at radius 2 is 1.96 bits per heavy atom. The number of rotatable bonds is 3. The maximum absolute atomic E-state index is 13.4. The quantitative estimate of drug-likeness (QED) is 0.807. The first-order chi connectivity index (χ1) is 11.7. The van der Waals surface area contributed by atoms with Crippen LogP contribution in [0.4, 0.5) is 13.2 Å². The lowest BCUT2D eigenvalue weighted by Gasteiger charge is -2.34. The van der Waals surface area contributed by atoms with Crippen molar-refractivity contribution in [2.45, 2.75) is 37.6 Å². The summed E-state index contributed by atoms with van der Waals surface area (Å²) in [6.45, 7) is 5.09. The number of carbonyl (C=O) groups excluding carboxylic acids is 1. The molecule has 5 nitrogen and oxygen atoms in total. The third-order valence-corrected chi connectivity index (χ3v) is 5.54. The van der Waals surface area contributed by atoms with E-state index in [1.165, 1.54) is 11.0 Å². The number of allylic oxidation sites excluding steroid dienone is 2. The Bertz CT molecular complexity index is 672. The predicted octanol–water partition coefficient (Wildman–Crippen LogP) is 1.44. The summed E-state index contributed by atoms with van der Waals surface area (Å²) in [7, 11) is 0. The van der Waals surface area contributed by atoms with Crippen LogP contribution in [-0.2, 0) is 4.79 Å². The Balaban J connectivity index is 1.55. The molecule has 2 N–H and O–H groups in total. The monoisotopic (exact) mass is 354 g/mol. The molecule has 2 fully saturated rings. The molecule has 1 saturated carbocycles. The van der Waals surface area contributed by atoms with E-state index in [9.17, 15) is 18.0 Å². The van der Waals surface area contributed by atoms with Gasteiger partial charge in [0.1, 0.15) is 5.84 Å². The third kappa shape index (κ3) is 2.67. The number of aliphatic imine (C=N–C) groups is 1. The maximum atomic E-state index is 13.4. The van der Waals surface area contributed by atoms with E-state index in [4.69, 9.17) is 0 Å². The summed E-state index contributed by atoms with van der Waals surface area (Å²) in [6, 6.07) is -2.70. The molecule has 1 saturated heterocycles. The van der Waals surface area contributed by atoms with E-state index in [2.05, 4.69) is 15.6 Å². The zero-order valence-corrected chi connectivity index (χ0v) is 14.0. The second-order valence-corrected chi connectivity index (χ2v) is 7.69. The van der Waals surface area contributed by atoms with Crippen molar-refractivity contribution >= 4 is 11.7 Å². The molecule has 136 valence electrons. The first-order valence-electron chi connectivity index (χ1n) is 8.51. The van der Waals surface area contributed by atoms with Crippen LogP contribution in [0.1, 0.15) is 13.8 Å². The van der Waals surface area contributed by atoms with E-state index in [-0.39, 0.29) is 17.7 Å². The van der Waals surface area contributed by atoms with Gasteiger partial charge in [-0.2, -0.15) is 13.2 Å². The summed E-state index contributed by atoms with van der Waals surface area (Å²) in [6.07, 6.45) is 1.95. The number of piperidine rings is 1. The maximum Gasteiger partial charge on any atom is 0.413 e. The minimum atomic E-state index is -4.43. The van der Waals surface area contributed by atoms with Gasteiger partial charge in [-0.15, -0.1) is 0 Å². The molecule has 0 aromatic rings. The van der Waals surface area contributed by atoms with Gasteiger partial charge in [-0.1, -0.05) is 12.2 Å². The van der Waals surface area contributed by atoms with Gasteiger partial charge in [0.25, 0.3) is 0 Å². The highest BCUT2D eigenvalue weighted by Crippen LogP contribution is 2.49. The molecule has 4 rings (SSSR count). The highest BCUT2D eigenvalue weighted by Gasteiger charge is 2.58. The van der Waals surface area contributed by atoms with Crippen molar-refractivity contribution in [2.24, 2.45) is 22.7 Å². The number of hydrogen-bond donors (Lipinski definition) is 2. The fourth-order valence-electron chi connectivity index (χ4n) is 4.26. The second-order valence-electron chi connectivity index (χ2n) is 7.69. The van der Waals surface area contributed by atoms with Crippen LogP contribution in [0, 0.1) is 17.8 Å². The van der Waals surface area contributed by atoms with E-state index < -0.39 is 23.8 Å². The topological polar surface area (TPSA) is 56.7 Å². The molecular formula is C17H21F3N4O. The molecular weight excluding hydrogens is 333 g/mol. The Kier molecular flexibility index (Phi) is 3.55. The fraction of sp³-hybridized carbons (Fsp3) is 0.647. The molecule has 0 spiro atoms. The summed E-state index contributed by atoms with van der Waals surface area (Å²) in [5.74, 6) is 0.837. The van der Waals surface area contributed by atoms with Crippen molar-refractivity contribution in [3.05, 3.63) is 24.4 Å². The number of nitrogens with one attached hydrogen (secondary N) is 2. The van der Waals surface area contributed by atoms with Crippen molar-refractivity contribution in [1.29, 1.82) is 0 Å². The molecule has 1 aliphatic carbocycles. The molecule has 3 heterocycles. The Labute approximate surface area is 144 Å². The lowest BCUT2D eigenvalue weighted by atomic mass is 10.0. The van der Waals surface area contributed by atoms with Crippen molar-refractivity contribution in [3.63, 3.8) is 0 Å². The van der Waals surface area contributed by atoms with Gasteiger partial charge in [-0.3, -0.25) is 9.79 Å².